The van der Waals surface area contributed by atoms with Gasteiger partial charge < -0.3 is 10.6 Å². The molecule has 2 N–H and O–H groups in total. The van der Waals surface area contributed by atoms with Crippen molar-refractivity contribution < 1.29 is 9.59 Å². The first-order chi connectivity index (χ1) is 11.5. The number of hydrogen-bond acceptors (Lipinski definition) is 4. The molecule has 0 unspecified atom stereocenters. The lowest BCUT2D eigenvalue weighted by atomic mass is 10.2. The van der Waals surface area contributed by atoms with Crippen molar-refractivity contribution in [2.24, 2.45) is 7.05 Å². The van der Waals surface area contributed by atoms with Crippen LogP contribution < -0.4 is 10.6 Å². The highest BCUT2D eigenvalue weighted by atomic mass is 16.2. The van der Waals surface area contributed by atoms with Gasteiger partial charge in [0.2, 0.25) is 0 Å². The minimum atomic E-state index is -0.783. The Hall–Kier alpha value is -3.42. The quantitative estimate of drug-likeness (QED) is 0.714. The summed E-state index contributed by atoms with van der Waals surface area (Å²) in [6.07, 6.45) is 4.62. The van der Waals surface area contributed by atoms with E-state index in [-0.39, 0.29) is 0 Å². The lowest BCUT2D eigenvalue weighted by Crippen LogP contribution is -2.29. The maximum absolute atomic E-state index is 12.1. The second-order valence-electron chi connectivity index (χ2n) is 5.23. The van der Waals surface area contributed by atoms with Crippen molar-refractivity contribution in [3.05, 3.63) is 54.5 Å². The second kappa shape index (κ2) is 6.37. The normalized spacial score (nSPS) is 10.4. The fourth-order valence-electron chi connectivity index (χ4n) is 2.24. The third-order valence-electron chi connectivity index (χ3n) is 3.40. The monoisotopic (exact) mass is 324 g/mol. The van der Waals surface area contributed by atoms with Gasteiger partial charge in [0, 0.05) is 19.3 Å². The molecule has 3 aromatic rings. The summed E-state index contributed by atoms with van der Waals surface area (Å²) in [5, 5.41) is 13.2. The van der Waals surface area contributed by atoms with Gasteiger partial charge in [-0.15, -0.1) is 0 Å². The van der Waals surface area contributed by atoms with Crippen LogP contribution in [0.2, 0.25) is 0 Å². The van der Waals surface area contributed by atoms with Crippen LogP contribution in [0.15, 0.2) is 48.9 Å². The first-order valence-corrected chi connectivity index (χ1v) is 7.25. The van der Waals surface area contributed by atoms with Crippen molar-refractivity contribution in [3.8, 4) is 5.69 Å². The number of hydrogen-bond donors (Lipinski definition) is 2. The van der Waals surface area contributed by atoms with Gasteiger partial charge in [-0.3, -0.25) is 14.3 Å². The van der Waals surface area contributed by atoms with Gasteiger partial charge in [-0.1, -0.05) is 18.2 Å². The molecule has 2 aromatic heterocycles. The molecule has 8 heteroatoms. The molecular weight excluding hydrogens is 308 g/mol. The van der Waals surface area contributed by atoms with Crippen LogP contribution in [-0.4, -0.2) is 31.4 Å². The van der Waals surface area contributed by atoms with Gasteiger partial charge >= 0.3 is 11.8 Å². The van der Waals surface area contributed by atoms with Gasteiger partial charge in [0.25, 0.3) is 0 Å². The van der Waals surface area contributed by atoms with E-state index < -0.39 is 11.8 Å². The molecule has 0 atom stereocenters. The molecule has 2 heterocycles. The highest BCUT2D eigenvalue weighted by Crippen LogP contribution is 2.18. The average Bonchev–Trinajstić information content (AvgIpc) is 3.17. The van der Waals surface area contributed by atoms with Crippen molar-refractivity contribution in [2.75, 3.05) is 10.6 Å². The van der Waals surface area contributed by atoms with Crippen molar-refractivity contribution in [2.45, 2.75) is 6.92 Å². The molecule has 0 bridgehead atoms. The number of benzene rings is 1. The molecule has 122 valence electrons. The number of carbonyl (C=O) groups is 2. The first kappa shape index (κ1) is 15.5. The molecule has 8 nitrogen and oxygen atoms in total. The van der Waals surface area contributed by atoms with Crippen molar-refractivity contribution >= 4 is 23.3 Å². The maximum Gasteiger partial charge on any atom is 0.315 e. The third kappa shape index (κ3) is 3.17. The number of carbonyl (C=O) groups excluding carboxylic acids is 2. The van der Waals surface area contributed by atoms with E-state index in [1.54, 1.807) is 30.2 Å². The van der Waals surface area contributed by atoms with Crippen LogP contribution in [0.3, 0.4) is 0 Å². The van der Waals surface area contributed by atoms with E-state index in [1.165, 1.54) is 10.9 Å². The maximum atomic E-state index is 12.1. The van der Waals surface area contributed by atoms with E-state index in [0.29, 0.717) is 11.5 Å². The predicted octanol–water partition coefficient (Wildman–Crippen LogP) is 1.49. The lowest BCUT2D eigenvalue weighted by Gasteiger charge is -2.10. The zero-order valence-electron chi connectivity index (χ0n) is 13.2. The minimum absolute atomic E-state index is 0.413. The van der Waals surface area contributed by atoms with Crippen LogP contribution in [0.25, 0.3) is 5.69 Å². The van der Waals surface area contributed by atoms with Crippen molar-refractivity contribution in [1.82, 2.24) is 19.6 Å². The largest absolute Gasteiger partial charge is 0.315 e. The second-order valence-corrected chi connectivity index (χ2v) is 5.23. The van der Waals surface area contributed by atoms with Gasteiger partial charge in [-0.25, -0.2) is 4.68 Å². The summed E-state index contributed by atoms with van der Waals surface area (Å²) in [4.78, 5) is 24.1. The lowest BCUT2D eigenvalue weighted by molar-refractivity contribution is -0.133. The third-order valence-corrected chi connectivity index (χ3v) is 3.40. The smallest absolute Gasteiger partial charge is 0.315 e. The summed E-state index contributed by atoms with van der Waals surface area (Å²) < 4.78 is 3.10. The zero-order valence-corrected chi connectivity index (χ0v) is 13.2. The SMILES string of the molecule is Cc1ccccc1-n1nccc1NC(=O)C(=O)Nc1cnn(C)c1. The molecule has 0 aliphatic rings. The molecule has 3 rings (SSSR count). The van der Waals surface area contributed by atoms with Crippen LogP contribution in [0.1, 0.15) is 5.56 Å². The Morgan fingerprint density at radius 2 is 1.79 bits per heavy atom. The molecule has 0 radical (unpaired) electrons. The molecule has 24 heavy (non-hydrogen) atoms. The van der Waals surface area contributed by atoms with Crippen LogP contribution in [0, 0.1) is 6.92 Å². The van der Waals surface area contributed by atoms with E-state index in [1.807, 2.05) is 31.2 Å². The van der Waals surface area contributed by atoms with Gasteiger partial charge in [0.15, 0.2) is 0 Å². The Balaban J connectivity index is 1.75. The summed E-state index contributed by atoms with van der Waals surface area (Å²) >= 11 is 0. The molecule has 1 aromatic carbocycles. The number of rotatable bonds is 3. The topological polar surface area (TPSA) is 93.8 Å². The Labute approximate surface area is 138 Å². The first-order valence-electron chi connectivity index (χ1n) is 7.25. The number of amides is 2. The van der Waals surface area contributed by atoms with Gasteiger partial charge in [-0.2, -0.15) is 10.2 Å². The standard InChI is InChI=1S/C16H16N6O2/c1-11-5-3-4-6-13(11)22-14(7-8-17-22)20-16(24)15(23)19-12-9-18-21(2)10-12/h3-10H,1-2H3,(H,19,23)(H,20,24). The fourth-order valence-corrected chi connectivity index (χ4v) is 2.24. The molecular formula is C16H16N6O2. The molecule has 0 saturated carbocycles. The van der Waals surface area contributed by atoms with E-state index in [2.05, 4.69) is 20.8 Å². The van der Waals surface area contributed by atoms with Gasteiger partial charge in [0.1, 0.15) is 5.82 Å². The highest BCUT2D eigenvalue weighted by molar-refractivity contribution is 6.43. The highest BCUT2D eigenvalue weighted by Gasteiger charge is 2.17. The van der Waals surface area contributed by atoms with Crippen LogP contribution in [0.4, 0.5) is 11.5 Å². The number of aryl methyl sites for hydroxylation is 2. The van der Waals surface area contributed by atoms with Crippen LogP contribution >= 0.6 is 0 Å². The molecule has 2 amide bonds. The summed E-state index contributed by atoms with van der Waals surface area (Å²) in [6.45, 7) is 1.94. The van der Waals surface area contributed by atoms with E-state index in [9.17, 15) is 9.59 Å². The van der Waals surface area contributed by atoms with Crippen LogP contribution in [0.5, 0.6) is 0 Å². The van der Waals surface area contributed by atoms with E-state index >= 15 is 0 Å². The Morgan fingerprint density at radius 1 is 1.04 bits per heavy atom. The predicted molar refractivity (Wildman–Crippen MR) is 88.8 cm³/mol. The summed E-state index contributed by atoms with van der Waals surface area (Å²) in [7, 11) is 1.72. The Morgan fingerprint density at radius 3 is 2.50 bits per heavy atom. The van der Waals surface area contributed by atoms with E-state index in [4.69, 9.17) is 0 Å². The number of para-hydroxylation sites is 1. The van der Waals surface area contributed by atoms with Gasteiger partial charge in [0.05, 0.1) is 23.8 Å². The van der Waals surface area contributed by atoms with Crippen LogP contribution in [-0.2, 0) is 16.6 Å². The zero-order chi connectivity index (χ0) is 17.1. The minimum Gasteiger partial charge on any atom is -0.315 e. The Bertz CT molecular complexity index is 895. The molecule has 0 fully saturated rings. The Kier molecular flexibility index (Phi) is 4.11. The van der Waals surface area contributed by atoms with Crippen molar-refractivity contribution in [3.63, 3.8) is 0 Å². The molecule has 0 spiro atoms. The molecule has 0 aliphatic carbocycles. The average molecular weight is 324 g/mol. The fraction of sp³-hybridized carbons (Fsp3) is 0.125. The summed E-state index contributed by atoms with van der Waals surface area (Å²) in [6, 6.07) is 9.25. The molecule has 0 aliphatic heterocycles. The number of nitrogens with one attached hydrogen (secondary N) is 2. The molecule has 0 saturated heterocycles. The summed E-state index contributed by atoms with van der Waals surface area (Å²) in [5.74, 6) is -1.15. The number of aromatic nitrogens is 4. The summed E-state index contributed by atoms with van der Waals surface area (Å²) in [5.41, 5.74) is 2.27. The number of anilines is 2. The van der Waals surface area contributed by atoms with E-state index in [0.717, 1.165) is 11.3 Å². The van der Waals surface area contributed by atoms with Crippen molar-refractivity contribution in [1.29, 1.82) is 0 Å². The van der Waals surface area contributed by atoms with Gasteiger partial charge in [-0.05, 0) is 18.6 Å². The number of nitrogens with zero attached hydrogens (tertiary/aromatic N) is 4.